The monoisotopic (exact) mass is 426 g/mol. The quantitative estimate of drug-likeness (QED) is 0.586. The average molecular weight is 426 g/mol. The van der Waals surface area contributed by atoms with Gasteiger partial charge in [0.2, 0.25) is 0 Å². The Balaban J connectivity index is 0.000000300. The van der Waals surface area contributed by atoms with E-state index in [0.717, 1.165) is 20.9 Å². The molecule has 0 fully saturated rings. The average Bonchev–Trinajstić information content (AvgIpc) is 3.14. The number of fused-ring (bicyclic) bond motifs is 2. The fourth-order valence-electron chi connectivity index (χ4n) is 3.81. The first kappa shape index (κ1) is 21.2. The zero-order valence-electron chi connectivity index (χ0n) is 18.1. The summed E-state index contributed by atoms with van der Waals surface area (Å²) in [6, 6.07) is 20.6. The van der Waals surface area contributed by atoms with E-state index < -0.39 is 0 Å². The number of hydrogen-bond acceptors (Lipinski definition) is 4. The van der Waals surface area contributed by atoms with Crippen molar-refractivity contribution < 1.29 is 19.2 Å². The normalized spacial score (nSPS) is 14.3. The summed E-state index contributed by atoms with van der Waals surface area (Å²) in [5, 5.41) is 0. The van der Waals surface area contributed by atoms with E-state index in [4.69, 9.17) is 0 Å². The SMILES string of the molecule is CN1C(=O)c2ccc(Cc3ccc4c(c3)C(=O)N(C)C4=O)cc2C1=O.Cc1ccccc1. The number of carbonyl (C=O) groups excluding carboxylic acids is 4. The molecule has 32 heavy (non-hydrogen) atoms. The molecule has 160 valence electrons. The van der Waals surface area contributed by atoms with E-state index in [1.54, 1.807) is 36.4 Å². The number of imide groups is 2. The van der Waals surface area contributed by atoms with Crippen LogP contribution in [0.1, 0.15) is 58.1 Å². The summed E-state index contributed by atoms with van der Waals surface area (Å²) in [6.07, 6.45) is 0.497. The van der Waals surface area contributed by atoms with Gasteiger partial charge in [-0.15, -0.1) is 0 Å². The number of aryl methyl sites for hydroxylation is 1. The predicted molar refractivity (Wildman–Crippen MR) is 120 cm³/mol. The Morgan fingerprint density at radius 1 is 0.562 bits per heavy atom. The van der Waals surface area contributed by atoms with Gasteiger partial charge in [-0.1, -0.05) is 48.0 Å². The first-order valence-corrected chi connectivity index (χ1v) is 10.2. The second kappa shape index (κ2) is 8.23. The largest absolute Gasteiger partial charge is 0.277 e. The maximum atomic E-state index is 12.1. The minimum Gasteiger partial charge on any atom is -0.277 e. The number of hydrogen-bond donors (Lipinski definition) is 0. The number of nitrogens with zero attached hydrogens (tertiary/aromatic N) is 2. The second-order valence-electron chi connectivity index (χ2n) is 7.93. The van der Waals surface area contributed by atoms with Crippen molar-refractivity contribution in [3.8, 4) is 0 Å². The fourth-order valence-corrected chi connectivity index (χ4v) is 3.81. The first-order chi connectivity index (χ1) is 15.3. The molecule has 0 aliphatic carbocycles. The van der Waals surface area contributed by atoms with Crippen LogP contribution in [-0.2, 0) is 6.42 Å². The zero-order chi connectivity index (χ0) is 23.0. The van der Waals surface area contributed by atoms with Gasteiger partial charge in [0, 0.05) is 14.1 Å². The molecule has 0 N–H and O–H groups in total. The van der Waals surface area contributed by atoms with Gasteiger partial charge in [0.1, 0.15) is 0 Å². The van der Waals surface area contributed by atoms with E-state index >= 15 is 0 Å². The lowest BCUT2D eigenvalue weighted by Gasteiger charge is -2.05. The summed E-state index contributed by atoms with van der Waals surface area (Å²) >= 11 is 0. The van der Waals surface area contributed by atoms with E-state index in [-0.39, 0.29) is 23.6 Å². The van der Waals surface area contributed by atoms with Crippen molar-refractivity contribution in [1.29, 1.82) is 0 Å². The smallest absolute Gasteiger partial charge is 0.261 e. The van der Waals surface area contributed by atoms with Crippen molar-refractivity contribution >= 4 is 23.6 Å². The van der Waals surface area contributed by atoms with Gasteiger partial charge < -0.3 is 0 Å². The molecule has 0 unspecified atom stereocenters. The van der Waals surface area contributed by atoms with Gasteiger partial charge in [-0.2, -0.15) is 0 Å². The Kier molecular flexibility index (Phi) is 5.45. The van der Waals surface area contributed by atoms with E-state index in [0.29, 0.717) is 28.7 Å². The van der Waals surface area contributed by atoms with Gasteiger partial charge in [0.25, 0.3) is 23.6 Å². The molecule has 4 amide bonds. The van der Waals surface area contributed by atoms with Crippen molar-refractivity contribution in [3.05, 3.63) is 106 Å². The van der Waals surface area contributed by atoms with Crippen molar-refractivity contribution in [2.45, 2.75) is 13.3 Å². The highest BCUT2D eigenvalue weighted by atomic mass is 16.2. The van der Waals surface area contributed by atoms with Crippen LogP contribution in [0.2, 0.25) is 0 Å². The molecule has 0 aromatic heterocycles. The summed E-state index contributed by atoms with van der Waals surface area (Å²) in [5.41, 5.74) is 4.66. The van der Waals surface area contributed by atoms with Gasteiger partial charge >= 0.3 is 0 Å². The molecule has 0 saturated heterocycles. The van der Waals surface area contributed by atoms with Gasteiger partial charge in [-0.3, -0.25) is 29.0 Å². The summed E-state index contributed by atoms with van der Waals surface area (Å²) in [5.74, 6) is -1.20. The van der Waals surface area contributed by atoms with Gasteiger partial charge in [0.05, 0.1) is 22.3 Å². The Morgan fingerprint density at radius 3 is 1.34 bits per heavy atom. The van der Waals surface area contributed by atoms with E-state index in [9.17, 15) is 19.2 Å². The third-order valence-electron chi connectivity index (χ3n) is 5.66. The minimum absolute atomic E-state index is 0.295. The van der Waals surface area contributed by atoms with Crippen LogP contribution in [0.15, 0.2) is 66.7 Å². The summed E-state index contributed by atoms with van der Waals surface area (Å²) in [6.45, 7) is 2.08. The molecule has 5 rings (SSSR count). The molecule has 2 aliphatic heterocycles. The Bertz CT molecular complexity index is 1180. The molecule has 2 heterocycles. The fraction of sp³-hybridized carbons (Fsp3) is 0.154. The van der Waals surface area contributed by atoms with Crippen molar-refractivity contribution in [1.82, 2.24) is 9.80 Å². The molecule has 0 atom stereocenters. The first-order valence-electron chi connectivity index (χ1n) is 10.2. The Hall–Kier alpha value is -4.06. The van der Waals surface area contributed by atoms with Gasteiger partial charge in [-0.25, -0.2) is 0 Å². The topological polar surface area (TPSA) is 74.8 Å². The van der Waals surface area contributed by atoms with Gasteiger partial charge in [0.15, 0.2) is 0 Å². The van der Waals surface area contributed by atoms with Crippen molar-refractivity contribution in [3.63, 3.8) is 0 Å². The zero-order valence-corrected chi connectivity index (χ0v) is 18.1. The molecule has 2 aliphatic rings. The van der Waals surface area contributed by atoms with Crippen LogP contribution < -0.4 is 0 Å². The van der Waals surface area contributed by atoms with Crippen LogP contribution in [0, 0.1) is 6.92 Å². The summed E-state index contributed by atoms with van der Waals surface area (Å²) in [7, 11) is 2.92. The second-order valence-corrected chi connectivity index (χ2v) is 7.93. The highest BCUT2D eigenvalue weighted by molar-refractivity contribution is 6.22. The number of carbonyl (C=O) groups is 4. The minimum atomic E-state index is -0.307. The van der Waals surface area contributed by atoms with Gasteiger partial charge in [-0.05, 0) is 48.7 Å². The van der Waals surface area contributed by atoms with Crippen LogP contribution in [-0.4, -0.2) is 47.5 Å². The van der Waals surface area contributed by atoms with Crippen LogP contribution in [0.25, 0.3) is 0 Å². The van der Waals surface area contributed by atoms with E-state index in [1.807, 2.05) is 18.2 Å². The number of rotatable bonds is 2. The van der Waals surface area contributed by atoms with Crippen LogP contribution in [0.5, 0.6) is 0 Å². The lowest BCUT2D eigenvalue weighted by molar-refractivity contribution is 0.0678. The molecule has 3 aromatic rings. The molecule has 6 nitrogen and oxygen atoms in total. The Morgan fingerprint density at radius 2 is 0.969 bits per heavy atom. The van der Waals surface area contributed by atoms with Crippen LogP contribution >= 0.6 is 0 Å². The molecule has 0 bridgehead atoms. The maximum absolute atomic E-state index is 12.1. The highest BCUT2D eigenvalue weighted by Crippen LogP contribution is 2.26. The molecular weight excluding hydrogens is 404 g/mol. The number of benzene rings is 3. The standard InChI is InChI=1S/C19H14N2O4.C7H8/c1-20-16(22)12-5-3-10(8-14(12)18(20)24)7-11-4-6-13-15(9-11)19(25)21(2)17(13)23;1-7-5-3-2-4-6-7/h3-6,8-9H,7H2,1-2H3;2-6H,1H3. The molecule has 0 spiro atoms. The third kappa shape index (κ3) is 3.71. The van der Waals surface area contributed by atoms with E-state index in [2.05, 4.69) is 19.1 Å². The lowest BCUT2D eigenvalue weighted by atomic mass is 9.98. The molecule has 3 aromatic carbocycles. The van der Waals surface area contributed by atoms with Crippen LogP contribution in [0.3, 0.4) is 0 Å². The molecule has 6 heteroatoms. The lowest BCUT2D eigenvalue weighted by Crippen LogP contribution is -2.24. The molecular formula is C26H22N2O4. The molecule has 0 saturated carbocycles. The number of amides is 4. The van der Waals surface area contributed by atoms with Crippen molar-refractivity contribution in [2.75, 3.05) is 14.1 Å². The highest BCUT2D eigenvalue weighted by Gasteiger charge is 2.34. The van der Waals surface area contributed by atoms with Crippen molar-refractivity contribution in [2.24, 2.45) is 0 Å². The van der Waals surface area contributed by atoms with E-state index in [1.165, 1.54) is 19.7 Å². The summed E-state index contributed by atoms with van der Waals surface area (Å²) in [4.78, 5) is 50.3. The maximum Gasteiger partial charge on any atom is 0.261 e. The summed E-state index contributed by atoms with van der Waals surface area (Å²) < 4.78 is 0. The predicted octanol–water partition coefficient (Wildman–Crippen LogP) is 3.72. The Labute approximate surface area is 186 Å². The third-order valence-corrected chi connectivity index (χ3v) is 5.66. The van der Waals surface area contributed by atoms with Crippen LogP contribution in [0.4, 0.5) is 0 Å². The molecule has 0 radical (unpaired) electrons.